The Bertz CT molecular complexity index is 451. The molecule has 5 heteroatoms. The number of aliphatic hydroxyl groups is 1. The summed E-state index contributed by atoms with van der Waals surface area (Å²) in [5.41, 5.74) is 1.79. The molecular formula is C16H24N2O3. The van der Waals surface area contributed by atoms with E-state index in [1.165, 1.54) is 0 Å². The molecule has 116 valence electrons. The number of β-amino-alcohol motifs (C(OH)–C–C–N with tert-alkyl or cyclic N) is 1. The fourth-order valence-corrected chi connectivity index (χ4v) is 2.60. The molecule has 0 radical (unpaired) electrons. The van der Waals surface area contributed by atoms with Crippen molar-refractivity contribution in [3.63, 3.8) is 0 Å². The van der Waals surface area contributed by atoms with E-state index in [0.29, 0.717) is 26.2 Å². The fraction of sp³-hybridized carbons (Fsp3) is 0.562. The number of rotatable bonds is 5. The highest BCUT2D eigenvalue weighted by molar-refractivity contribution is 5.94. The van der Waals surface area contributed by atoms with Gasteiger partial charge in [0.25, 0.3) is 5.91 Å². The molecule has 0 bridgehead atoms. The van der Waals surface area contributed by atoms with Gasteiger partial charge in [-0.25, -0.2) is 0 Å². The second-order valence-electron chi connectivity index (χ2n) is 5.57. The Morgan fingerprint density at radius 1 is 1.24 bits per heavy atom. The smallest absolute Gasteiger partial charge is 0.253 e. The van der Waals surface area contributed by atoms with Crippen molar-refractivity contribution >= 4 is 5.91 Å². The van der Waals surface area contributed by atoms with E-state index in [4.69, 9.17) is 4.74 Å². The molecule has 1 aromatic carbocycles. The van der Waals surface area contributed by atoms with Crippen molar-refractivity contribution in [2.45, 2.75) is 19.6 Å². The van der Waals surface area contributed by atoms with Crippen LogP contribution in [0.2, 0.25) is 0 Å². The lowest BCUT2D eigenvalue weighted by Crippen LogP contribution is -2.50. The SMILES string of the molecule is COCc1ccc(C(=O)N2CCN(CC(C)O)CC2)cc1. The zero-order valence-electron chi connectivity index (χ0n) is 12.8. The third-order valence-electron chi connectivity index (χ3n) is 3.69. The average Bonchev–Trinajstić information content (AvgIpc) is 2.48. The molecule has 1 fully saturated rings. The lowest BCUT2D eigenvalue weighted by atomic mass is 10.1. The van der Waals surface area contributed by atoms with Crippen LogP contribution in [0.15, 0.2) is 24.3 Å². The van der Waals surface area contributed by atoms with E-state index in [9.17, 15) is 9.90 Å². The van der Waals surface area contributed by atoms with Crippen LogP contribution in [0.1, 0.15) is 22.8 Å². The van der Waals surface area contributed by atoms with Gasteiger partial charge in [-0.3, -0.25) is 9.69 Å². The zero-order chi connectivity index (χ0) is 15.2. The summed E-state index contributed by atoms with van der Waals surface area (Å²) in [6.07, 6.45) is -0.319. The van der Waals surface area contributed by atoms with Gasteiger partial charge in [-0.2, -0.15) is 0 Å². The highest BCUT2D eigenvalue weighted by atomic mass is 16.5. The Hall–Kier alpha value is -1.43. The van der Waals surface area contributed by atoms with E-state index in [1.807, 2.05) is 29.2 Å². The molecule has 2 rings (SSSR count). The van der Waals surface area contributed by atoms with E-state index < -0.39 is 0 Å². The largest absolute Gasteiger partial charge is 0.392 e. The van der Waals surface area contributed by atoms with Crippen LogP contribution in [0.3, 0.4) is 0 Å². The number of hydrogen-bond acceptors (Lipinski definition) is 4. The molecule has 0 spiro atoms. The zero-order valence-corrected chi connectivity index (χ0v) is 12.8. The van der Waals surface area contributed by atoms with Gasteiger partial charge in [-0.15, -0.1) is 0 Å². The number of carbonyl (C=O) groups is 1. The van der Waals surface area contributed by atoms with Crippen molar-refractivity contribution in [2.24, 2.45) is 0 Å². The van der Waals surface area contributed by atoms with Gasteiger partial charge in [0.15, 0.2) is 0 Å². The molecule has 1 aliphatic rings. The molecule has 1 unspecified atom stereocenters. The molecule has 0 aliphatic carbocycles. The lowest BCUT2D eigenvalue weighted by molar-refractivity contribution is 0.0554. The highest BCUT2D eigenvalue weighted by Crippen LogP contribution is 2.11. The van der Waals surface area contributed by atoms with Crippen LogP contribution in [-0.2, 0) is 11.3 Å². The summed E-state index contributed by atoms with van der Waals surface area (Å²) in [7, 11) is 1.66. The molecule has 1 amide bonds. The van der Waals surface area contributed by atoms with Gasteiger partial charge in [0.05, 0.1) is 12.7 Å². The third kappa shape index (κ3) is 4.52. The van der Waals surface area contributed by atoms with E-state index in [0.717, 1.165) is 24.2 Å². The minimum absolute atomic E-state index is 0.0793. The molecule has 1 saturated heterocycles. The van der Waals surface area contributed by atoms with Crippen molar-refractivity contribution in [1.29, 1.82) is 0 Å². The first kappa shape index (κ1) is 15.9. The maximum absolute atomic E-state index is 12.4. The molecule has 1 N–H and O–H groups in total. The van der Waals surface area contributed by atoms with E-state index >= 15 is 0 Å². The number of piperazine rings is 1. The summed E-state index contributed by atoms with van der Waals surface area (Å²) in [5.74, 6) is 0.0793. The molecule has 5 nitrogen and oxygen atoms in total. The number of methoxy groups -OCH3 is 1. The Morgan fingerprint density at radius 2 is 1.86 bits per heavy atom. The van der Waals surface area contributed by atoms with Gasteiger partial charge >= 0.3 is 0 Å². The first-order valence-electron chi connectivity index (χ1n) is 7.37. The van der Waals surface area contributed by atoms with Crippen molar-refractivity contribution in [3.05, 3.63) is 35.4 Å². The molecule has 1 aliphatic heterocycles. The molecule has 21 heavy (non-hydrogen) atoms. The van der Waals surface area contributed by atoms with Crippen LogP contribution in [-0.4, -0.2) is 66.8 Å². The number of carbonyl (C=O) groups excluding carboxylic acids is 1. The monoisotopic (exact) mass is 292 g/mol. The summed E-state index contributed by atoms with van der Waals surface area (Å²) in [6.45, 7) is 6.09. The number of ether oxygens (including phenoxy) is 1. The van der Waals surface area contributed by atoms with E-state index in [-0.39, 0.29) is 12.0 Å². The number of benzene rings is 1. The average molecular weight is 292 g/mol. The van der Waals surface area contributed by atoms with Crippen LogP contribution < -0.4 is 0 Å². The predicted molar refractivity (Wildman–Crippen MR) is 81.2 cm³/mol. The topological polar surface area (TPSA) is 53.0 Å². The van der Waals surface area contributed by atoms with Crippen LogP contribution in [0.5, 0.6) is 0 Å². The molecule has 0 saturated carbocycles. The second-order valence-corrected chi connectivity index (χ2v) is 5.57. The van der Waals surface area contributed by atoms with Gasteiger partial charge in [0.1, 0.15) is 0 Å². The molecule has 0 aromatic heterocycles. The minimum atomic E-state index is -0.319. The molecule has 1 atom stereocenters. The number of hydrogen-bond donors (Lipinski definition) is 1. The summed E-state index contributed by atoms with van der Waals surface area (Å²) in [4.78, 5) is 16.5. The first-order valence-corrected chi connectivity index (χ1v) is 7.37. The highest BCUT2D eigenvalue weighted by Gasteiger charge is 2.22. The van der Waals surface area contributed by atoms with E-state index in [1.54, 1.807) is 14.0 Å². The fourth-order valence-electron chi connectivity index (χ4n) is 2.60. The predicted octanol–water partition coefficient (Wildman–Crippen LogP) is 0.972. The summed E-state index contributed by atoms with van der Waals surface area (Å²) >= 11 is 0. The maximum Gasteiger partial charge on any atom is 0.253 e. The summed E-state index contributed by atoms with van der Waals surface area (Å²) < 4.78 is 5.07. The Labute approximate surface area is 126 Å². The quantitative estimate of drug-likeness (QED) is 0.879. The van der Waals surface area contributed by atoms with Gasteiger partial charge in [-0.05, 0) is 24.6 Å². The van der Waals surface area contributed by atoms with Crippen molar-refractivity contribution in [1.82, 2.24) is 9.80 Å². The minimum Gasteiger partial charge on any atom is -0.392 e. The van der Waals surface area contributed by atoms with Crippen molar-refractivity contribution < 1.29 is 14.6 Å². The second kappa shape index (κ2) is 7.54. The summed E-state index contributed by atoms with van der Waals surface area (Å²) in [5, 5.41) is 9.39. The first-order chi connectivity index (χ1) is 10.1. The summed E-state index contributed by atoms with van der Waals surface area (Å²) in [6, 6.07) is 7.58. The lowest BCUT2D eigenvalue weighted by Gasteiger charge is -2.35. The van der Waals surface area contributed by atoms with Crippen LogP contribution in [0.25, 0.3) is 0 Å². The van der Waals surface area contributed by atoms with Crippen molar-refractivity contribution in [2.75, 3.05) is 39.8 Å². The Balaban J connectivity index is 1.89. The van der Waals surface area contributed by atoms with Gasteiger partial charge in [-0.1, -0.05) is 12.1 Å². The normalized spacial score (nSPS) is 17.8. The van der Waals surface area contributed by atoms with Crippen LogP contribution in [0.4, 0.5) is 0 Å². The van der Waals surface area contributed by atoms with Crippen molar-refractivity contribution in [3.8, 4) is 0 Å². The third-order valence-corrected chi connectivity index (χ3v) is 3.69. The number of amides is 1. The molecule has 1 aromatic rings. The standard InChI is InChI=1S/C16H24N2O3/c1-13(19)11-17-7-9-18(10-8-17)16(20)15-5-3-14(4-6-15)12-21-2/h3-6,13,19H,7-12H2,1-2H3. The van der Waals surface area contributed by atoms with Gasteiger partial charge < -0.3 is 14.7 Å². The van der Waals surface area contributed by atoms with Gasteiger partial charge in [0, 0.05) is 45.4 Å². The number of nitrogens with zero attached hydrogens (tertiary/aromatic N) is 2. The van der Waals surface area contributed by atoms with Crippen LogP contribution in [0, 0.1) is 0 Å². The Morgan fingerprint density at radius 3 is 2.38 bits per heavy atom. The van der Waals surface area contributed by atoms with Gasteiger partial charge in [0.2, 0.25) is 0 Å². The molecular weight excluding hydrogens is 268 g/mol. The number of aliphatic hydroxyl groups excluding tert-OH is 1. The molecule has 1 heterocycles. The Kier molecular flexibility index (Phi) is 5.73. The van der Waals surface area contributed by atoms with E-state index in [2.05, 4.69) is 4.90 Å². The van der Waals surface area contributed by atoms with Crippen LogP contribution >= 0.6 is 0 Å². The maximum atomic E-state index is 12.4.